The SMILES string of the molecule is Cc1[nH]c(/C=N/N=C2\C(=O)Nc3ccc(F)cc32)c(C)c1C(=O)NCCCCNc1ccc(C(=O)Nc2ccccc2N)cn1. The summed E-state index contributed by atoms with van der Waals surface area (Å²) in [6, 6.07) is 14.4. The molecular weight excluding hydrogens is 577 g/mol. The van der Waals surface area contributed by atoms with E-state index in [4.69, 9.17) is 5.73 Å². The van der Waals surface area contributed by atoms with Crippen LogP contribution in [0.25, 0.3) is 0 Å². The van der Waals surface area contributed by atoms with Gasteiger partial charge in [-0.3, -0.25) is 14.4 Å². The van der Waals surface area contributed by atoms with E-state index in [0.717, 1.165) is 12.8 Å². The third kappa shape index (κ3) is 7.21. The Morgan fingerprint density at radius 2 is 1.84 bits per heavy atom. The minimum absolute atomic E-state index is 0.0131. The molecule has 0 radical (unpaired) electrons. The Morgan fingerprint density at radius 3 is 2.62 bits per heavy atom. The number of nitrogens with zero attached hydrogens (tertiary/aromatic N) is 3. The molecular formula is C32H32FN9O3. The van der Waals surface area contributed by atoms with Crippen molar-refractivity contribution in [2.24, 2.45) is 10.2 Å². The van der Waals surface area contributed by atoms with E-state index in [-0.39, 0.29) is 17.5 Å². The number of benzene rings is 2. The number of unbranched alkanes of at least 4 members (excludes halogenated alkanes) is 1. The van der Waals surface area contributed by atoms with Gasteiger partial charge in [-0.15, -0.1) is 5.10 Å². The van der Waals surface area contributed by atoms with Crippen LogP contribution in [0.1, 0.15) is 56.1 Å². The smallest absolute Gasteiger partial charge is 0.276 e. The highest BCUT2D eigenvalue weighted by Gasteiger charge is 2.26. The van der Waals surface area contributed by atoms with Crippen LogP contribution in [0.3, 0.4) is 0 Å². The van der Waals surface area contributed by atoms with Gasteiger partial charge in [-0.05, 0) is 74.7 Å². The maximum Gasteiger partial charge on any atom is 0.276 e. The number of nitrogen functional groups attached to an aromatic ring is 1. The fourth-order valence-corrected chi connectivity index (χ4v) is 4.81. The summed E-state index contributed by atoms with van der Waals surface area (Å²) in [5.41, 5.74) is 10.6. The number of amides is 3. The number of para-hydroxylation sites is 2. The second-order valence-electron chi connectivity index (χ2n) is 10.4. The highest BCUT2D eigenvalue weighted by atomic mass is 19.1. The standard InChI is InChI=1S/C32H32FN9O3/c1-18-26(17-38-42-29-22-15-21(33)10-11-24(22)40-32(29)45)39-19(2)28(18)31(44)36-14-6-5-13-35-27-12-9-20(16-37-27)30(43)41-25-8-4-3-7-23(25)34/h3-4,7-12,15-17,39H,5-6,13-14,34H2,1-2H3,(H,35,37)(H,36,44)(H,41,43)(H,40,42,45)/b38-17+. The van der Waals surface area contributed by atoms with E-state index in [1.54, 1.807) is 50.2 Å². The Hall–Kier alpha value is -5.85. The summed E-state index contributed by atoms with van der Waals surface area (Å²) in [6.07, 6.45) is 4.43. The van der Waals surface area contributed by atoms with Crippen molar-refractivity contribution in [2.75, 3.05) is 34.8 Å². The van der Waals surface area contributed by atoms with Crippen LogP contribution < -0.4 is 27.0 Å². The van der Waals surface area contributed by atoms with Crippen molar-refractivity contribution < 1.29 is 18.8 Å². The van der Waals surface area contributed by atoms with E-state index in [1.807, 2.05) is 0 Å². The van der Waals surface area contributed by atoms with Gasteiger partial charge in [-0.2, -0.15) is 5.10 Å². The molecule has 2 aromatic heterocycles. The number of aromatic nitrogens is 2. The summed E-state index contributed by atoms with van der Waals surface area (Å²) in [5.74, 6) is -0.826. The molecule has 0 atom stereocenters. The number of fused-ring (bicyclic) bond motifs is 1. The number of pyridine rings is 1. The van der Waals surface area contributed by atoms with Gasteiger partial charge in [0.15, 0.2) is 5.71 Å². The van der Waals surface area contributed by atoms with Crippen LogP contribution >= 0.6 is 0 Å². The molecule has 0 fully saturated rings. The summed E-state index contributed by atoms with van der Waals surface area (Å²) in [4.78, 5) is 45.0. The van der Waals surface area contributed by atoms with Crippen molar-refractivity contribution in [2.45, 2.75) is 26.7 Å². The van der Waals surface area contributed by atoms with E-state index in [9.17, 15) is 18.8 Å². The molecule has 1 aliphatic rings. The molecule has 0 spiro atoms. The number of carbonyl (C=O) groups is 3. The second kappa shape index (κ2) is 13.6. The van der Waals surface area contributed by atoms with Crippen molar-refractivity contribution in [3.63, 3.8) is 0 Å². The Morgan fingerprint density at radius 1 is 1.04 bits per heavy atom. The number of nitrogens with two attached hydrogens (primary N) is 1. The first kappa shape index (κ1) is 30.6. The predicted octanol–water partition coefficient (Wildman–Crippen LogP) is 4.40. The monoisotopic (exact) mass is 609 g/mol. The molecule has 0 unspecified atom stereocenters. The van der Waals surface area contributed by atoms with Gasteiger partial charge in [-0.25, -0.2) is 9.37 Å². The van der Waals surface area contributed by atoms with E-state index in [1.165, 1.54) is 30.6 Å². The summed E-state index contributed by atoms with van der Waals surface area (Å²) in [6.45, 7) is 4.69. The zero-order chi connectivity index (χ0) is 31.9. The van der Waals surface area contributed by atoms with E-state index < -0.39 is 11.7 Å². The first-order valence-corrected chi connectivity index (χ1v) is 14.3. The molecule has 4 aromatic rings. The summed E-state index contributed by atoms with van der Waals surface area (Å²) >= 11 is 0. The Labute approximate surface area is 258 Å². The number of rotatable bonds is 11. The molecule has 3 heterocycles. The number of nitrogens with one attached hydrogen (secondary N) is 5. The fraction of sp³-hybridized carbons (Fsp3) is 0.188. The zero-order valence-corrected chi connectivity index (χ0v) is 24.7. The number of H-pyrrole nitrogens is 1. The molecule has 13 heteroatoms. The molecule has 2 aromatic carbocycles. The number of carbonyl (C=O) groups excluding carboxylic acids is 3. The minimum atomic E-state index is -0.481. The lowest BCUT2D eigenvalue weighted by atomic mass is 10.1. The fourth-order valence-electron chi connectivity index (χ4n) is 4.81. The molecule has 45 heavy (non-hydrogen) atoms. The Bertz CT molecular complexity index is 1810. The molecule has 12 nitrogen and oxygen atoms in total. The molecule has 5 rings (SSSR count). The Balaban J connectivity index is 1.06. The lowest BCUT2D eigenvalue weighted by molar-refractivity contribution is -0.110. The number of hydrogen-bond acceptors (Lipinski definition) is 8. The average Bonchev–Trinajstić information content (AvgIpc) is 3.49. The number of anilines is 4. The maximum absolute atomic E-state index is 13.6. The second-order valence-corrected chi connectivity index (χ2v) is 10.4. The normalized spacial score (nSPS) is 13.1. The molecule has 7 N–H and O–H groups in total. The first-order chi connectivity index (χ1) is 21.7. The predicted molar refractivity (Wildman–Crippen MR) is 173 cm³/mol. The van der Waals surface area contributed by atoms with Crippen molar-refractivity contribution in [1.82, 2.24) is 15.3 Å². The van der Waals surface area contributed by atoms with Crippen molar-refractivity contribution in [1.29, 1.82) is 0 Å². The van der Waals surface area contributed by atoms with Crippen LogP contribution in [-0.4, -0.2) is 52.7 Å². The lowest BCUT2D eigenvalue weighted by Gasteiger charge is -2.09. The summed E-state index contributed by atoms with van der Waals surface area (Å²) in [7, 11) is 0. The van der Waals surface area contributed by atoms with E-state index in [2.05, 4.69) is 41.4 Å². The Kier molecular flexibility index (Phi) is 9.27. The third-order valence-corrected chi connectivity index (χ3v) is 7.18. The zero-order valence-electron chi connectivity index (χ0n) is 24.7. The number of hydrogen-bond donors (Lipinski definition) is 6. The minimum Gasteiger partial charge on any atom is -0.397 e. The number of aryl methyl sites for hydroxylation is 1. The lowest BCUT2D eigenvalue weighted by Crippen LogP contribution is -2.25. The topological polar surface area (TPSA) is 179 Å². The molecule has 0 aliphatic carbocycles. The van der Waals surface area contributed by atoms with Crippen LogP contribution in [0.5, 0.6) is 0 Å². The summed E-state index contributed by atoms with van der Waals surface area (Å²) < 4.78 is 13.6. The van der Waals surface area contributed by atoms with Gasteiger partial charge in [-0.1, -0.05) is 12.1 Å². The maximum atomic E-state index is 13.6. The number of halogens is 1. The van der Waals surface area contributed by atoms with Gasteiger partial charge in [0.2, 0.25) is 0 Å². The van der Waals surface area contributed by atoms with Crippen LogP contribution in [-0.2, 0) is 4.79 Å². The van der Waals surface area contributed by atoms with Gasteiger partial charge in [0.05, 0.1) is 40.1 Å². The molecule has 0 saturated heterocycles. The first-order valence-electron chi connectivity index (χ1n) is 14.3. The van der Waals surface area contributed by atoms with Crippen LogP contribution in [0.2, 0.25) is 0 Å². The molecule has 3 amide bonds. The largest absolute Gasteiger partial charge is 0.397 e. The third-order valence-electron chi connectivity index (χ3n) is 7.18. The van der Waals surface area contributed by atoms with Gasteiger partial charge in [0.25, 0.3) is 17.7 Å². The van der Waals surface area contributed by atoms with Gasteiger partial charge in [0, 0.05) is 30.5 Å². The van der Waals surface area contributed by atoms with Crippen LogP contribution in [0, 0.1) is 19.7 Å². The molecule has 230 valence electrons. The summed E-state index contributed by atoms with van der Waals surface area (Å²) in [5, 5.41) is 19.6. The van der Waals surface area contributed by atoms with Gasteiger partial charge in [0.1, 0.15) is 11.6 Å². The van der Waals surface area contributed by atoms with E-state index >= 15 is 0 Å². The van der Waals surface area contributed by atoms with Gasteiger partial charge < -0.3 is 32.0 Å². The average molecular weight is 610 g/mol. The van der Waals surface area contributed by atoms with Crippen molar-refractivity contribution >= 4 is 52.5 Å². The van der Waals surface area contributed by atoms with Crippen LogP contribution in [0.4, 0.5) is 27.3 Å². The van der Waals surface area contributed by atoms with Gasteiger partial charge >= 0.3 is 0 Å². The quantitative estimate of drug-likeness (QED) is 0.0635. The highest BCUT2D eigenvalue weighted by molar-refractivity contribution is 6.53. The van der Waals surface area contributed by atoms with E-state index in [0.29, 0.717) is 69.6 Å². The molecule has 0 saturated carbocycles. The molecule has 1 aliphatic heterocycles. The van der Waals surface area contributed by atoms with Crippen molar-refractivity contribution in [3.05, 3.63) is 100 Å². The molecule has 0 bridgehead atoms. The number of aromatic amines is 1. The van der Waals surface area contributed by atoms with Crippen LogP contribution in [0.15, 0.2) is 71.0 Å². The highest BCUT2D eigenvalue weighted by Crippen LogP contribution is 2.24. The van der Waals surface area contributed by atoms with Crippen molar-refractivity contribution in [3.8, 4) is 0 Å².